The summed E-state index contributed by atoms with van der Waals surface area (Å²) in [6, 6.07) is 8.64. The van der Waals surface area contributed by atoms with Crippen molar-refractivity contribution in [2.24, 2.45) is 0 Å². The predicted octanol–water partition coefficient (Wildman–Crippen LogP) is 4.88. The van der Waals surface area contributed by atoms with Gasteiger partial charge in [0.2, 0.25) is 0 Å². The number of hydrogen-bond acceptors (Lipinski definition) is 1. The molecule has 18 heavy (non-hydrogen) atoms. The smallest absolute Gasteiger partial charge is 0.142 e. The summed E-state index contributed by atoms with van der Waals surface area (Å²) in [7, 11) is 0. The minimum Gasteiger partial charge on any atom is -0.381 e. The molecule has 5 heteroatoms. The standard InChI is InChI=1S/C13H9Cl2F2N/c14-9-4-10(16)6-11(5-9)18-7-8-2-1-3-12(17)13(8)15/h1-6,18H,7H2. The molecule has 0 atom stereocenters. The normalized spacial score (nSPS) is 10.4. The third kappa shape index (κ3) is 3.12. The first kappa shape index (κ1) is 13.1. The molecule has 94 valence electrons. The molecule has 1 nitrogen and oxygen atoms in total. The summed E-state index contributed by atoms with van der Waals surface area (Å²) in [5, 5.41) is 3.29. The first-order valence-corrected chi connectivity index (χ1v) is 5.95. The van der Waals surface area contributed by atoms with Crippen LogP contribution < -0.4 is 5.32 Å². The third-order valence-electron chi connectivity index (χ3n) is 2.38. The molecule has 0 bridgehead atoms. The van der Waals surface area contributed by atoms with E-state index in [0.717, 1.165) is 0 Å². The Morgan fingerprint density at radius 1 is 1.06 bits per heavy atom. The molecular weight excluding hydrogens is 279 g/mol. The number of anilines is 1. The van der Waals surface area contributed by atoms with Crippen molar-refractivity contribution in [2.45, 2.75) is 6.54 Å². The van der Waals surface area contributed by atoms with Crippen LogP contribution in [0.15, 0.2) is 36.4 Å². The summed E-state index contributed by atoms with van der Waals surface area (Å²) in [6.45, 7) is 0.288. The van der Waals surface area contributed by atoms with Crippen LogP contribution >= 0.6 is 23.2 Å². The van der Waals surface area contributed by atoms with Crippen LogP contribution in [0.4, 0.5) is 14.5 Å². The second-order valence-corrected chi connectivity index (χ2v) is 4.54. The number of halogens is 4. The molecule has 2 aromatic rings. The predicted molar refractivity (Wildman–Crippen MR) is 70.1 cm³/mol. The van der Waals surface area contributed by atoms with Gasteiger partial charge >= 0.3 is 0 Å². The summed E-state index contributed by atoms with van der Waals surface area (Å²) in [5.74, 6) is -0.913. The lowest BCUT2D eigenvalue weighted by Gasteiger charge is -2.09. The Labute approximate surface area is 113 Å². The quantitative estimate of drug-likeness (QED) is 0.848. The fourth-order valence-corrected chi connectivity index (χ4v) is 1.95. The van der Waals surface area contributed by atoms with Crippen molar-refractivity contribution in [3.05, 3.63) is 63.6 Å². The van der Waals surface area contributed by atoms with E-state index in [9.17, 15) is 8.78 Å². The van der Waals surface area contributed by atoms with Gasteiger partial charge in [0.1, 0.15) is 11.6 Å². The Kier molecular flexibility index (Phi) is 4.04. The summed E-state index contributed by atoms with van der Waals surface area (Å²) in [4.78, 5) is 0. The maximum absolute atomic E-state index is 13.2. The van der Waals surface area contributed by atoms with Crippen LogP contribution in [0.2, 0.25) is 10.0 Å². The van der Waals surface area contributed by atoms with E-state index in [-0.39, 0.29) is 11.6 Å². The highest BCUT2D eigenvalue weighted by atomic mass is 35.5. The van der Waals surface area contributed by atoms with Crippen molar-refractivity contribution in [2.75, 3.05) is 5.32 Å². The maximum atomic E-state index is 13.2. The molecule has 0 aliphatic rings. The lowest BCUT2D eigenvalue weighted by molar-refractivity contribution is 0.625. The topological polar surface area (TPSA) is 12.0 Å². The van der Waals surface area contributed by atoms with E-state index < -0.39 is 11.6 Å². The van der Waals surface area contributed by atoms with Crippen LogP contribution in [0.3, 0.4) is 0 Å². The minimum absolute atomic E-state index is 0.0625. The first-order chi connectivity index (χ1) is 8.56. The van der Waals surface area contributed by atoms with Gasteiger partial charge in [0.25, 0.3) is 0 Å². The second-order valence-electron chi connectivity index (χ2n) is 3.72. The fourth-order valence-electron chi connectivity index (χ4n) is 1.54. The molecule has 0 aromatic heterocycles. The highest BCUT2D eigenvalue weighted by Gasteiger charge is 2.06. The van der Waals surface area contributed by atoms with Gasteiger partial charge in [-0.05, 0) is 29.8 Å². The molecule has 0 aliphatic carbocycles. The summed E-state index contributed by atoms with van der Waals surface area (Å²) in [6.07, 6.45) is 0. The van der Waals surface area contributed by atoms with Gasteiger partial charge in [-0.25, -0.2) is 8.78 Å². The lowest BCUT2D eigenvalue weighted by atomic mass is 10.2. The van der Waals surface area contributed by atoms with Gasteiger partial charge in [-0.2, -0.15) is 0 Å². The molecule has 0 unspecified atom stereocenters. The van der Waals surface area contributed by atoms with E-state index >= 15 is 0 Å². The van der Waals surface area contributed by atoms with E-state index in [2.05, 4.69) is 5.32 Å². The van der Waals surface area contributed by atoms with E-state index in [4.69, 9.17) is 23.2 Å². The molecule has 2 rings (SSSR count). The SMILES string of the molecule is Fc1cc(Cl)cc(NCc2cccc(F)c2Cl)c1. The molecule has 0 saturated heterocycles. The molecule has 0 aliphatic heterocycles. The van der Waals surface area contributed by atoms with Gasteiger partial charge in [0.15, 0.2) is 0 Å². The number of benzene rings is 2. The average Bonchev–Trinajstić information content (AvgIpc) is 2.30. The van der Waals surface area contributed by atoms with Crippen LogP contribution in [0.1, 0.15) is 5.56 Å². The second kappa shape index (κ2) is 5.55. The van der Waals surface area contributed by atoms with Gasteiger partial charge in [0.05, 0.1) is 5.02 Å². The molecule has 1 N–H and O–H groups in total. The van der Waals surface area contributed by atoms with Crippen LogP contribution in [0.5, 0.6) is 0 Å². The van der Waals surface area contributed by atoms with Crippen molar-refractivity contribution in [3.63, 3.8) is 0 Å². The van der Waals surface area contributed by atoms with E-state index in [1.807, 2.05) is 0 Å². The van der Waals surface area contributed by atoms with Crippen LogP contribution in [-0.2, 0) is 6.54 Å². The largest absolute Gasteiger partial charge is 0.381 e. The Hall–Kier alpha value is -1.32. The Morgan fingerprint density at radius 3 is 2.56 bits per heavy atom. The van der Waals surface area contributed by atoms with Crippen molar-refractivity contribution in [3.8, 4) is 0 Å². The fraction of sp³-hybridized carbons (Fsp3) is 0.0769. The Morgan fingerprint density at radius 2 is 1.83 bits per heavy atom. The lowest BCUT2D eigenvalue weighted by Crippen LogP contribution is -2.01. The van der Waals surface area contributed by atoms with Crippen molar-refractivity contribution in [1.82, 2.24) is 0 Å². The zero-order valence-electron chi connectivity index (χ0n) is 9.18. The van der Waals surface area contributed by atoms with Gasteiger partial charge < -0.3 is 5.32 Å². The number of hydrogen-bond donors (Lipinski definition) is 1. The first-order valence-electron chi connectivity index (χ1n) is 5.19. The van der Waals surface area contributed by atoms with Gasteiger partial charge in [-0.3, -0.25) is 0 Å². The Bertz CT molecular complexity index is 553. The van der Waals surface area contributed by atoms with E-state index in [1.165, 1.54) is 18.2 Å². The zero-order valence-corrected chi connectivity index (χ0v) is 10.7. The molecular formula is C13H9Cl2F2N. The van der Waals surface area contributed by atoms with Gasteiger partial charge in [-0.1, -0.05) is 35.3 Å². The number of rotatable bonds is 3. The summed E-state index contributed by atoms with van der Waals surface area (Å²) in [5.41, 5.74) is 1.11. The van der Waals surface area contributed by atoms with E-state index in [0.29, 0.717) is 16.3 Å². The summed E-state index contributed by atoms with van der Waals surface area (Å²) < 4.78 is 26.3. The third-order valence-corrected chi connectivity index (χ3v) is 3.02. The minimum atomic E-state index is -0.478. The van der Waals surface area contributed by atoms with E-state index in [1.54, 1.807) is 18.2 Å². The number of nitrogens with one attached hydrogen (secondary N) is 1. The average molecular weight is 288 g/mol. The van der Waals surface area contributed by atoms with Gasteiger partial charge in [-0.15, -0.1) is 0 Å². The molecule has 0 saturated carbocycles. The molecule has 0 heterocycles. The highest BCUT2D eigenvalue weighted by molar-refractivity contribution is 6.31. The van der Waals surface area contributed by atoms with Crippen LogP contribution in [0, 0.1) is 11.6 Å². The summed E-state index contributed by atoms with van der Waals surface area (Å²) >= 11 is 11.5. The molecule has 0 radical (unpaired) electrons. The molecule has 0 fully saturated rings. The Balaban J connectivity index is 2.14. The maximum Gasteiger partial charge on any atom is 0.142 e. The van der Waals surface area contributed by atoms with Crippen molar-refractivity contribution in [1.29, 1.82) is 0 Å². The van der Waals surface area contributed by atoms with Crippen molar-refractivity contribution < 1.29 is 8.78 Å². The molecule has 0 amide bonds. The van der Waals surface area contributed by atoms with Crippen LogP contribution in [0.25, 0.3) is 0 Å². The van der Waals surface area contributed by atoms with Gasteiger partial charge in [0, 0.05) is 17.3 Å². The van der Waals surface area contributed by atoms with Crippen LogP contribution in [-0.4, -0.2) is 0 Å². The molecule has 0 spiro atoms. The monoisotopic (exact) mass is 287 g/mol. The zero-order chi connectivity index (χ0) is 13.1. The molecule has 2 aromatic carbocycles. The highest BCUT2D eigenvalue weighted by Crippen LogP contribution is 2.22. The van der Waals surface area contributed by atoms with Crippen molar-refractivity contribution >= 4 is 28.9 Å².